The number of fused-ring (bicyclic) bond motifs is 1. The highest BCUT2D eigenvalue weighted by Crippen LogP contribution is 2.36. The van der Waals surface area contributed by atoms with Gasteiger partial charge in [0.15, 0.2) is 0 Å². The molecule has 0 saturated carbocycles. The van der Waals surface area contributed by atoms with Crippen molar-refractivity contribution in [2.75, 3.05) is 9.62 Å². The maximum atomic E-state index is 13.0. The quantitative estimate of drug-likeness (QED) is 0.392. The van der Waals surface area contributed by atoms with Gasteiger partial charge in [-0.05, 0) is 48.5 Å². The summed E-state index contributed by atoms with van der Waals surface area (Å²) < 4.78 is 73.2. The molecule has 182 valence electrons. The second-order valence-corrected chi connectivity index (χ2v) is 10.6. The summed E-state index contributed by atoms with van der Waals surface area (Å²) in [6.07, 6.45) is -2.05. The summed E-state index contributed by atoms with van der Waals surface area (Å²) in [5.74, 6) is 0.439. The Bertz CT molecular complexity index is 1520. The summed E-state index contributed by atoms with van der Waals surface area (Å²) in [4.78, 5) is 6.21. The van der Waals surface area contributed by atoms with Crippen molar-refractivity contribution < 1.29 is 26.0 Å². The first-order valence-electron chi connectivity index (χ1n) is 10.0. The summed E-state index contributed by atoms with van der Waals surface area (Å²) >= 11 is 0.821. The monoisotopic (exact) mass is 522 g/mol. The molecule has 0 bridgehead atoms. The number of alkyl halides is 3. The number of halogens is 3. The third-order valence-electron chi connectivity index (χ3n) is 5.28. The van der Waals surface area contributed by atoms with E-state index >= 15 is 0 Å². The maximum absolute atomic E-state index is 13.0. The van der Waals surface area contributed by atoms with Gasteiger partial charge in [-0.25, -0.2) is 13.4 Å². The number of rotatable bonds is 5. The van der Waals surface area contributed by atoms with E-state index in [2.05, 4.69) is 14.8 Å². The van der Waals surface area contributed by atoms with Crippen LogP contribution in [0.4, 0.5) is 30.4 Å². The Balaban J connectivity index is 1.33. The van der Waals surface area contributed by atoms with Gasteiger partial charge in [-0.3, -0.25) is 9.40 Å². The first kappa shape index (κ1) is 23.1. The summed E-state index contributed by atoms with van der Waals surface area (Å²) in [7, 11) is -2.80. The highest BCUT2D eigenvalue weighted by atomic mass is 32.2. The molecule has 5 rings (SSSR count). The van der Waals surface area contributed by atoms with Crippen molar-refractivity contribution in [1.29, 1.82) is 0 Å². The van der Waals surface area contributed by atoms with Crippen molar-refractivity contribution in [3.8, 4) is 10.6 Å². The number of nitrogens with two attached hydrogens (primary N) is 1. The van der Waals surface area contributed by atoms with Gasteiger partial charge in [-0.1, -0.05) is 0 Å². The highest BCUT2D eigenvalue weighted by Gasteiger charge is 2.35. The van der Waals surface area contributed by atoms with Crippen LogP contribution in [0.25, 0.3) is 10.6 Å². The predicted octanol–water partition coefficient (Wildman–Crippen LogP) is 4.70. The lowest BCUT2D eigenvalue weighted by Crippen LogP contribution is -2.35. The first-order chi connectivity index (χ1) is 16.5. The number of nitrogens with one attached hydrogen (secondary N) is 1. The molecule has 0 radical (unpaired) electrons. The minimum absolute atomic E-state index is 0.0379. The number of aryl methyl sites for hydroxylation is 1. The molecule has 0 spiro atoms. The molecule has 0 aliphatic carbocycles. The van der Waals surface area contributed by atoms with Crippen molar-refractivity contribution in [3.63, 3.8) is 0 Å². The molecule has 3 aromatic heterocycles. The number of sulfonamides is 1. The van der Waals surface area contributed by atoms with Gasteiger partial charge >= 0.3 is 6.18 Å². The van der Waals surface area contributed by atoms with Gasteiger partial charge in [-0.2, -0.15) is 18.3 Å². The Morgan fingerprint density at radius 1 is 1.14 bits per heavy atom. The number of hydrogen-bond donors (Lipinski definition) is 2. The van der Waals surface area contributed by atoms with Crippen molar-refractivity contribution in [1.82, 2.24) is 9.78 Å². The first-order valence-corrected chi connectivity index (χ1v) is 12.3. The molecule has 0 fully saturated rings. The molecule has 0 amide bonds. The van der Waals surface area contributed by atoms with Crippen LogP contribution in [0, 0.1) is 0 Å². The molecule has 3 N–H and O–H groups in total. The molecule has 1 unspecified atom stereocenters. The Morgan fingerprint density at radius 2 is 1.89 bits per heavy atom. The molecule has 4 heterocycles. The molecule has 35 heavy (non-hydrogen) atoms. The molecule has 1 aliphatic rings. The lowest BCUT2D eigenvalue weighted by Gasteiger charge is -2.29. The minimum Gasteiger partial charge on any atom is -0.446 e. The molecule has 1 aromatic carbocycles. The number of thiophene rings is 1. The second-order valence-electron chi connectivity index (χ2n) is 7.59. The minimum atomic E-state index is -4.56. The number of benzene rings is 1. The summed E-state index contributed by atoms with van der Waals surface area (Å²) in [5, 5.41) is 3.86. The predicted molar refractivity (Wildman–Crippen MR) is 125 cm³/mol. The third kappa shape index (κ3) is 4.31. The van der Waals surface area contributed by atoms with E-state index in [1.165, 1.54) is 31.8 Å². The van der Waals surface area contributed by atoms with Crippen molar-refractivity contribution >= 4 is 45.0 Å². The van der Waals surface area contributed by atoms with Crippen LogP contribution >= 0.6 is 11.3 Å². The smallest absolute Gasteiger partial charge is 0.433 e. The Morgan fingerprint density at radius 3 is 2.57 bits per heavy atom. The Labute approximate surface area is 201 Å². The largest absolute Gasteiger partial charge is 0.446 e. The lowest BCUT2D eigenvalue weighted by molar-refractivity contribution is -0.143. The fraction of sp³-hybridized carbons (Fsp3) is 0.143. The van der Waals surface area contributed by atoms with E-state index in [1.54, 1.807) is 35.2 Å². The van der Waals surface area contributed by atoms with Crippen LogP contribution < -0.4 is 15.4 Å². The van der Waals surface area contributed by atoms with E-state index in [-0.39, 0.29) is 9.90 Å². The number of hydrogen-bond acceptors (Lipinski definition) is 8. The number of anilines is 2. The molecule has 1 atom stereocenters. The highest BCUT2D eigenvalue weighted by molar-refractivity contribution is 7.94. The van der Waals surface area contributed by atoms with Gasteiger partial charge < -0.3 is 15.1 Å². The van der Waals surface area contributed by atoms with E-state index < -0.39 is 28.1 Å². The van der Waals surface area contributed by atoms with E-state index in [9.17, 15) is 21.6 Å². The Hall–Kier alpha value is -3.62. The normalized spacial score (nSPS) is 15.9. The lowest BCUT2D eigenvalue weighted by atomic mass is 10.2. The molecule has 9 nitrogen and oxygen atoms in total. The van der Waals surface area contributed by atoms with Gasteiger partial charge in [0.1, 0.15) is 28.1 Å². The topological polar surface area (TPSA) is 119 Å². The van der Waals surface area contributed by atoms with Crippen molar-refractivity contribution in [2.45, 2.75) is 16.6 Å². The fourth-order valence-electron chi connectivity index (χ4n) is 3.57. The van der Waals surface area contributed by atoms with Crippen LogP contribution in [0.2, 0.25) is 0 Å². The third-order valence-corrected chi connectivity index (χ3v) is 8.26. The molecule has 14 heteroatoms. The standard InChI is InChI=1S/C21H17F3N6O3S2/c1-29-17(21(22,23)24)10-15(27-29)16-6-7-18(34-16)35(31,32)28-12-2-4-13(5-3-12)30-11-26-20-14(19(30)25)8-9-33-20/h2-11,19,28H,25H2,1H3. The average Bonchev–Trinajstić information content (AvgIpc) is 3.53. The molecule has 4 aromatic rings. The fourth-order valence-corrected chi connectivity index (χ4v) is 5.89. The van der Waals surface area contributed by atoms with E-state index in [0.717, 1.165) is 27.6 Å². The zero-order chi connectivity index (χ0) is 25.0. The number of furan rings is 1. The van der Waals surface area contributed by atoms with Crippen molar-refractivity contribution in [3.05, 3.63) is 66.1 Å². The van der Waals surface area contributed by atoms with Crippen molar-refractivity contribution in [2.24, 2.45) is 17.8 Å². The number of aromatic nitrogens is 2. The molecular weight excluding hydrogens is 505 g/mol. The second kappa shape index (κ2) is 8.25. The summed E-state index contributed by atoms with van der Waals surface area (Å²) in [6, 6.07) is 11.9. The zero-order valence-corrected chi connectivity index (χ0v) is 19.5. The van der Waals surface area contributed by atoms with Gasteiger partial charge in [0.2, 0.25) is 5.88 Å². The summed E-state index contributed by atoms with van der Waals surface area (Å²) in [5.41, 5.74) is 7.08. The number of aliphatic imine (C=N–C) groups is 1. The maximum Gasteiger partial charge on any atom is 0.433 e. The van der Waals surface area contributed by atoms with Crippen LogP contribution in [-0.2, 0) is 23.2 Å². The zero-order valence-electron chi connectivity index (χ0n) is 17.9. The van der Waals surface area contributed by atoms with E-state index in [0.29, 0.717) is 22.1 Å². The van der Waals surface area contributed by atoms with Crippen LogP contribution in [0.5, 0.6) is 0 Å². The van der Waals surface area contributed by atoms with Gasteiger partial charge in [-0.15, -0.1) is 11.3 Å². The molecule has 0 saturated heterocycles. The average molecular weight is 523 g/mol. The van der Waals surface area contributed by atoms with Crippen LogP contribution in [0.3, 0.4) is 0 Å². The van der Waals surface area contributed by atoms with Gasteiger partial charge in [0.25, 0.3) is 10.0 Å². The van der Waals surface area contributed by atoms with Crippen LogP contribution in [-0.4, -0.2) is 24.5 Å². The van der Waals surface area contributed by atoms with E-state index in [4.69, 9.17) is 10.2 Å². The van der Waals surface area contributed by atoms with Crippen LogP contribution in [0.15, 0.2) is 68.4 Å². The van der Waals surface area contributed by atoms with Gasteiger partial charge in [0.05, 0.1) is 16.7 Å². The summed E-state index contributed by atoms with van der Waals surface area (Å²) in [6.45, 7) is 0. The molecular formula is C21H17F3N6O3S2. The van der Waals surface area contributed by atoms with E-state index in [1.807, 2.05) is 0 Å². The molecule has 1 aliphatic heterocycles. The number of nitrogens with zero attached hydrogens (tertiary/aromatic N) is 4. The van der Waals surface area contributed by atoms with Crippen LogP contribution in [0.1, 0.15) is 17.4 Å². The Kier molecular flexibility index (Phi) is 5.45. The van der Waals surface area contributed by atoms with Gasteiger partial charge in [0, 0.05) is 18.4 Å². The SMILES string of the molecule is Cn1nc(-c2ccc(S(=O)(=O)Nc3ccc(N4C=Nc5occc5C4N)cc3)s2)cc1C(F)(F)F.